The summed E-state index contributed by atoms with van der Waals surface area (Å²) >= 11 is 1.38. The van der Waals surface area contributed by atoms with Gasteiger partial charge in [-0.2, -0.15) is 0 Å². The zero-order valence-corrected chi connectivity index (χ0v) is 14.7. The fourth-order valence-electron chi connectivity index (χ4n) is 2.83. The first-order chi connectivity index (χ1) is 10.9. The van der Waals surface area contributed by atoms with Gasteiger partial charge in [-0.05, 0) is 6.07 Å². The van der Waals surface area contributed by atoms with E-state index in [4.69, 9.17) is 4.74 Å². The van der Waals surface area contributed by atoms with Crippen LogP contribution in [0.2, 0.25) is 0 Å². The highest BCUT2D eigenvalue weighted by molar-refractivity contribution is 7.92. The van der Waals surface area contributed by atoms with E-state index in [9.17, 15) is 13.2 Å². The summed E-state index contributed by atoms with van der Waals surface area (Å²) in [5, 5.41) is 2.91. The Bertz CT molecular complexity index is 680. The van der Waals surface area contributed by atoms with E-state index in [0.717, 1.165) is 37.7 Å². The number of amides is 1. The van der Waals surface area contributed by atoms with E-state index in [0.29, 0.717) is 30.1 Å². The van der Waals surface area contributed by atoms with Crippen molar-refractivity contribution in [1.29, 1.82) is 0 Å². The third-order valence-electron chi connectivity index (χ3n) is 4.04. The largest absolute Gasteiger partial charge is 0.379 e. The van der Waals surface area contributed by atoms with Crippen LogP contribution >= 0.6 is 11.3 Å². The molecule has 128 valence electrons. The van der Waals surface area contributed by atoms with Crippen LogP contribution in [0.25, 0.3) is 0 Å². The number of morpholine rings is 1. The molecule has 0 saturated carbocycles. The van der Waals surface area contributed by atoms with E-state index in [1.54, 1.807) is 6.07 Å². The third-order valence-corrected chi connectivity index (χ3v) is 6.40. The van der Waals surface area contributed by atoms with Gasteiger partial charge in [0.1, 0.15) is 0 Å². The Hall–Kier alpha value is -1.16. The quantitative estimate of drug-likeness (QED) is 0.809. The zero-order chi connectivity index (χ0) is 16.4. The summed E-state index contributed by atoms with van der Waals surface area (Å²) in [6.07, 6.45) is 1.87. The fraction of sp³-hybridized carbons (Fsp3) is 0.643. The third kappa shape index (κ3) is 3.85. The van der Waals surface area contributed by atoms with E-state index < -0.39 is 10.0 Å². The summed E-state index contributed by atoms with van der Waals surface area (Å²) in [5.74, 6) is -0.133. The minimum atomic E-state index is -3.27. The maximum absolute atomic E-state index is 12.2. The van der Waals surface area contributed by atoms with Crippen molar-refractivity contribution in [1.82, 2.24) is 10.2 Å². The topological polar surface area (TPSA) is 79.0 Å². The average molecular weight is 359 g/mol. The lowest BCUT2D eigenvalue weighted by Crippen LogP contribution is -2.41. The van der Waals surface area contributed by atoms with Gasteiger partial charge in [-0.15, -0.1) is 11.3 Å². The second-order valence-electron chi connectivity index (χ2n) is 5.71. The molecule has 3 heterocycles. The standard InChI is InChI=1S/C14H21N3O4S2/c1-23(19,20)17-4-2-12-11(17)10-13(22-12)14(18)15-3-5-16-6-8-21-9-7-16/h10H,2-9H2,1H3,(H,15,18). The molecule has 0 atom stereocenters. The summed E-state index contributed by atoms with van der Waals surface area (Å²) in [4.78, 5) is 16.0. The molecule has 3 rings (SSSR count). The van der Waals surface area contributed by atoms with E-state index >= 15 is 0 Å². The van der Waals surface area contributed by atoms with Gasteiger partial charge in [-0.25, -0.2) is 8.42 Å². The highest BCUT2D eigenvalue weighted by atomic mass is 32.2. The molecule has 1 fully saturated rings. The minimum Gasteiger partial charge on any atom is -0.379 e. The number of anilines is 1. The molecule has 1 N–H and O–H groups in total. The Morgan fingerprint density at radius 3 is 2.78 bits per heavy atom. The number of thiophene rings is 1. The van der Waals surface area contributed by atoms with Crippen LogP contribution in [0.1, 0.15) is 14.5 Å². The van der Waals surface area contributed by atoms with Crippen molar-refractivity contribution in [3.63, 3.8) is 0 Å². The van der Waals surface area contributed by atoms with Crippen LogP contribution in [0.3, 0.4) is 0 Å². The van der Waals surface area contributed by atoms with Crippen LogP contribution in [0.15, 0.2) is 6.07 Å². The molecule has 0 bridgehead atoms. The van der Waals surface area contributed by atoms with Crippen molar-refractivity contribution in [3.8, 4) is 0 Å². The average Bonchev–Trinajstić information content (AvgIpc) is 3.07. The summed E-state index contributed by atoms with van der Waals surface area (Å²) in [5.41, 5.74) is 0.663. The summed E-state index contributed by atoms with van der Waals surface area (Å²) in [7, 11) is -3.27. The van der Waals surface area contributed by atoms with Gasteiger partial charge in [-0.1, -0.05) is 0 Å². The SMILES string of the molecule is CS(=O)(=O)N1CCc2sc(C(=O)NCCN3CCOCC3)cc21. The molecule has 2 aliphatic heterocycles. The number of rotatable bonds is 5. The molecule has 0 aromatic carbocycles. The second-order valence-corrected chi connectivity index (χ2v) is 8.76. The van der Waals surface area contributed by atoms with Crippen molar-refractivity contribution < 1.29 is 17.9 Å². The van der Waals surface area contributed by atoms with Gasteiger partial charge >= 0.3 is 0 Å². The number of carbonyl (C=O) groups excluding carboxylic acids is 1. The van der Waals surface area contributed by atoms with Crippen LogP contribution in [0.5, 0.6) is 0 Å². The van der Waals surface area contributed by atoms with Gasteiger partial charge in [0.2, 0.25) is 10.0 Å². The minimum absolute atomic E-state index is 0.133. The molecular weight excluding hydrogens is 338 g/mol. The maximum atomic E-state index is 12.2. The van der Waals surface area contributed by atoms with E-state index in [1.165, 1.54) is 21.9 Å². The van der Waals surface area contributed by atoms with Crippen LogP contribution < -0.4 is 9.62 Å². The van der Waals surface area contributed by atoms with Crippen LogP contribution in [-0.4, -0.2) is 71.4 Å². The first-order valence-electron chi connectivity index (χ1n) is 7.64. The van der Waals surface area contributed by atoms with E-state index in [-0.39, 0.29) is 5.91 Å². The highest BCUT2D eigenvalue weighted by Gasteiger charge is 2.29. The van der Waals surface area contributed by atoms with Crippen molar-refractivity contribution in [2.45, 2.75) is 6.42 Å². The Morgan fingerprint density at radius 1 is 1.35 bits per heavy atom. The first kappa shape index (κ1) is 16.7. The second kappa shape index (κ2) is 6.76. The predicted molar refractivity (Wildman–Crippen MR) is 89.8 cm³/mol. The number of ether oxygens (including phenoxy) is 1. The molecule has 0 radical (unpaired) electrons. The van der Waals surface area contributed by atoms with Crippen molar-refractivity contribution in [2.75, 3.05) is 56.5 Å². The van der Waals surface area contributed by atoms with Crippen molar-refractivity contribution in [2.24, 2.45) is 0 Å². The van der Waals surface area contributed by atoms with E-state index in [1.807, 2.05) is 0 Å². The Morgan fingerprint density at radius 2 is 2.09 bits per heavy atom. The number of sulfonamides is 1. The lowest BCUT2D eigenvalue weighted by Gasteiger charge is -2.26. The van der Waals surface area contributed by atoms with E-state index in [2.05, 4.69) is 10.2 Å². The van der Waals surface area contributed by atoms with Crippen LogP contribution in [0, 0.1) is 0 Å². The molecule has 23 heavy (non-hydrogen) atoms. The van der Waals surface area contributed by atoms with Gasteiger partial charge in [-0.3, -0.25) is 14.0 Å². The Labute approximate surface area is 140 Å². The van der Waals surface area contributed by atoms with Crippen molar-refractivity contribution in [3.05, 3.63) is 15.8 Å². The monoisotopic (exact) mass is 359 g/mol. The molecule has 9 heteroatoms. The van der Waals surface area contributed by atoms with Crippen LogP contribution in [0.4, 0.5) is 5.69 Å². The lowest BCUT2D eigenvalue weighted by atomic mass is 10.3. The molecule has 0 aliphatic carbocycles. The van der Waals surface area contributed by atoms with Gasteiger partial charge in [0.25, 0.3) is 5.91 Å². The summed E-state index contributed by atoms with van der Waals surface area (Å²) < 4.78 is 30.1. The molecule has 0 spiro atoms. The number of nitrogens with zero attached hydrogens (tertiary/aromatic N) is 2. The van der Waals surface area contributed by atoms with Gasteiger partial charge in [0, 0.05) is 44.0 Å². The molecular formula is C14H21N3O4S2. The molecule has 0 unspecified atom stereocenters. The molecule has 1 aromatic heterocycles. The van der Waals surface area contributed by atoms with Gasteiger partial charge in [0.05, 0.1) is 30.0 Å². The number of hydrogen-bond donors (Lipinski definition) is 1. The number of carbonyl (C=O) groups is 1. The number of fused-ring (bicyclic) bond motifs is 1. The highest BCUT2D eigenvalue weighted by Crippen LogP contribution is 2.37. The predicted octanol–water partition coefficient (Wildman–Crippen LogP) is 0.132. The molecule has 2 aliphatic rings. The maximum Gasteiger partial charge on any atom is 0.261 e. The fourth-order valence-corrected chi connectivity index (χ4v) is 4.90. The Balaban J connectivity index is 1.56. The summed E-state index contributed by atoms with van der Waals surface area (Å²) in [6, 6.07) is 1.69. The molecule has 1 saturated heterocycles. The Kier molecular flexibility index (Phi) is 4.90. The van der Waals surface area contributed by atoms with Gasteiger partial charge < -0.3 is 10.1 Å². The lowest BCUT2D eigenvalue weighted by molar-refractivity contribution is 0.0383. The van der Waals surface area contributed by atoms with Gasteiger partial charge in [0.15, 0.2) is 0 Å². The number of nitrogens with one attached hydrogen (secondary N) is 1. The molecule has 1 amide bonds. The molecule has 7 nitrogen and oxygen atoms in total. The molecule has 1 aromatic rings. The number of hydrogen-bond acceptors (Lipinski definition) is 6. The normalized spacial score (nSPS) is 18.9. The van der Waals surface area contributed by atoms with Crippen molar-refractivity contribution >= 4 is 33.0 Å². The smallest absolute Gasteiger partial charge is 0.261 e. The van der Waals surface area contributed by atoms with Crippen LogP contribution in [-0.2, 0) is 21.2 Å². The first-order valence-corrected chi connectivity index (χ1v) is 10.3. The zero-order valence-electron chi connectivity index (χ0n) is 13.1. The summed E-state index contributed by atoms with van der Waals surface area (Å²) in [6.45, 7) is 5.13.